The van der Waals surface area contributed by atoms with Crippen LogP contribution in [0.5, 0.6) is 0 Å². The third-order valence-corrected chi connectivity index (χ3v) is 7.04. The standard InChI is InChI=1S/C25H31N5O6S/c1-36-25(33)19(28-23(32)22(31)17(27)9-6-7-13-26)14-16-15-8-2-3-10-18(15)29-24(16)37-21-12-5-4-11-20(21)30(34)35/h2-5,8,10-12,17,19,22,29,31H,6-7,9,13-14,26-27H2,1H3,(H,28,32)/t17-,19-,22-/m1/s1. The molecule has 37 heavy (non-hydrogen) atoms. The van der Waals surface area contributed by atoms with Gasteiger partial charge in [-0.2, -0.15) is 0 Å². The highest BCUT2D eigenvalue weighted by Gasteiger charge is 2.30. The number of aliphatic hydroxyl groups is 1. The number of benzene rings is 2. The molecule has 0 saturated heterocycles. The van der Waals surface area contributed by atoms with Crippen molar-refractivity contribution in [3.05, 3.63) is 64.2 Å². The number of nitrogens with zero attached hydrogens (tertiary/aromatic N) is 1. The average Bonchev–Trinajstić information content (AvgIpc) is 3.24. The monoisotopic (exact) mass is 529 g/mol. The first-order valence-corrected chi connectivity index (χ1v) is 12.6. The number of aromatic amines is 1. The lowest BCUT2D eigenvalue weighted by Crippen LogP contribution is -2.52. The van der Waals surface area contributed by atoms with Crippen LogP contribution in [0.4, 0.5) is 5.69 Å². The zero-order valence-corrected chi connectivity index (χ0v) is 21.2. The van der Waals surface area contributed by atoms with Crippen molar-refractivity contribution in [2.45, 2.75) is 53.8 Å². The predicted octanol–water partition coefficient (Wildman–Crippen LogP) is 2.24. The fourth-order valence-electron chi connectivity index (χ4n) is 3.94. The van der Waals surface area contributed by atoms with Crippen molar-refractivity contribution in [2.24, 2.45) is 11.5 Å². The van der Waals surface area contributed by atoms with E-state index in [2.05, 4.69) is 10.3 Å². The van der Waals surface area contributed by atoms with Crippen molar-refractivity contribution >= 4 is 40.2 Å². The maximum absolute atomic E-state index is 12.8. The number of carbonyl (C=O) groups is 2. The number of hydrogen-bond donors (Lipinski definition) is 5. The summed E-state index contributed by atoms with van der Waals surface area (Å²) in [6.45, 7) is 0.483. The molecule has 7 N–H and O–H groups in total. The molecule has 0 radical (unpaired) electrons. The number of aliphatic hydroxyl groups excluding tert-OH is 1. The van der Waals surface area contributed by atoms with Crippen molar-refractivity contribution in [2.75, 3.05) is 13.7 Å². The van der Waals surface area contributed by atoms with Crippen molar-refractivity contribution in [1.29, 1.82) is 0 Å². The van der Waals surface area contributed by atoms with Crippen molar-refractivity contribution in [3.8, 4) is 0 Å². The number of esters is 1. The van der Waals surface area contributed by atoms with Gasteiger partial charge in [0.15, 0.2) is 0 Å². The highest BCUT2D eigenvalue weighted by Crippen LogP contribution is 2.39. The number of H-pyrrole nitrogens is 1. The lowest BCUT2D eigenvalue weighted by atomic mass is 10.0. The molecule has 1 amide bonds. The number of nitro groups is 1. The van der Waals surface area contributed by atoms with E-state index < -0.39 is 35.0 Å². The van der Waals surface area contributed by atoms with E-state index in [1.165, 1.54) is 13.2 Å². The zero-order chi connectivity index (χ0) is 26.9. The van der Waals surface area contributed by atoms with E-state index in [1.54, 1.807) is 18.2 Å². The molecule has 0 aliphatic carbocycles. The summed E-state index contributed by atoms with van der Waals surface area (Å²) >= 11 is 1.16. The van der Waals surface area contributed by atoms with Crippen LogP contribution in [-0.4, -0.2) is 58.7 Å². The van der Waals surface area contributed by atoms with Crippen LogP contribution in [0.15, 0.2) is 58.5 Å². The van der Waals surface area contributed by atoms with Crippen molar-refractivity contribution in [1.82, 2.24) is 10.3 Å². The number of rotatable bonds is 13. The Morgan fingerprint density at radius 3 is 2.59 bits per heavy atom. The number of hydrogen-bond acceptors (Lipinski definition) is 9. The Balaban J connectivity index is 1.90. The van der Waals surface area contributed by atoms with Crippen molar-refractivity contribution < 1.29 is 24.4 Å². The van der Waals surface area contributed by atoms with E-state index in [1.807, 2.05) is 24.3 Å². The molecule has 0 bridgehead atoms. The molecule has 0 spiro atoms. The molecule has 3 atom stereocenters. The lowest BCUT2D eigenvalue weighted by molar-refractivity contribution is -0.387. The second-order valence-corrected chi connectivity index (χ2v) is 9.54. The number of nitrogens with two attached hydrogens (primary N) is 2. The Hall–Kier alpha value is -3.45. The number of fused-ring (bicyclic) bond motifs is 1. The van der Waals surface area contributed by atoms with Gasteiger partial charge < -0.3 is 31.6 Å². The zero-order valence-electron chi connectivity index (χ0n) is 20.4. The normalized spacial score (nSPS) is 13.6. The van der Waals surface area contributed by atoms with Crippen LogP contribution in [0.25, 0.3) is 10.9 Å². The van der Waals surface area contributed by atoms with E-state index >= 15 is 0 Å². The second-order valence-electron chi connectivity index (χ2n) is 8.49. The van der Waals surface area contributed by atoms with Gasteiger partial charge in [0.25, 0.3) is 11.6 Å². The number of aromatic nitrogens is 1. The Kier molecular flexibility index (Phi) is 10.0. The van der Waals surface area contributed by atoms with Gasteiger partial charge >= 0.3 is 5.97 Å². The minimum atomic E-state index is -1.52. The molecule has 1 heterocycles. The fourth-order valence-corrected chi connectivity index (χ4v) is 5.03. The van der Waals surface area contributed by atoms with E-state index in [9.17, 15) is 24.8 Å². The Labute approximate surface area is 218 Å². The number of nitrogens with one attached hydrogen (secondary N) is 2. The molecule has 12 heteroatoms. The smallest absolute Gasteiger partial charge is 0.328 e. The summed E-state index contributed by atoms with van der Waals surface area (Å²) in [4.78, 5) is 40.2. The van der Waals surface area contributed by atoms with Crippen LogP contribution < -0.4 is 16.8 Å². The molecule has 0 saturated carbocycles. The average molecular weight is 530 g/mol. The van der Waals surface area contributed by atoms with Gasteiger partial charge in [0.1, 0.15) is 12.1 Å². The molecular formula is C25H31N5O6S. The summed E-state index contributed by atoms with van der Waals surface area (Å²) in [5.74, 6) is -1.49. The molecule has 1 aromatic heterocycles. The van der Waals surface area contributed by atoms with Crippen LogP contribution in [0, 0.1) is 10.1 Å². The highest BCUT2D eigenvalue weighted by atomic mass is 32.2. The summed E-state index contributed by atoms with van der Waals surface area (Å²) in [7, 11) is 1.20. The molecule has 11 nitrogen and oxygen atoms in total. The van der Waals surface area contributed by atoms with Crippen LogP contribution in [0.2, 0.25) is 0 Å². The van der Waals surface area contributed by atoms with Crippen LogP contribution in [0.3, 0.4) is 0 Å². The number of carbonyl (C=O) groups excluding carboxylic acids is 2. The van der Waals surface area contributed by atoms with E-state index in [0.717, 1.165) is 22.7 Å². The van der Waals surface area contributed by atoms with Gasteiger partial charge in [-0.1, -0.05) is 48.5 Å². The molecule has 0 fully saturated rings. The van der Waals surface area contributed by atoms with Gasteiger partial charge in [-0.3, -0.25) is 14.9 Å². The van der Waals surface area contributed by atoms with Gasteiger partial charge in [0.2, 0.25) is 0 Å². The van der Waals surface area contributed by atoms with Crippen LogP contribution >= 0.6 is 11.8 Å². The molecule has 0 aliphatic rings. The summed E-state index contributed by atoms with van der Waals surface area (Å²) in [6.07, 6.45) is 0.264. The van der Waals surface area contributed by atoms with Gasteiger partial charge in [-0.15, -0.1) is 0 Å². The molecule has 3 aromatic rings. The van der Waals surface area contributed by atoms with Gasteiger partial charge in [-0.05, 0) is 37.1 Å². The molecular weight excluding hydrogens is 498 g/mol. The van der Waals surface area contributed by atoms with E-state index in [4.69, 9.17) is 16.2 Å². The highest BCUT2D eigenvalue weighted by molar-refractivity contribution is 7.99. The topological polar surface area (TPSA) is 187 Å². The number of unbranched alkanes of at least 4 members (excludes halogenated alkanes) is 1. The van der Waals surface area contributed by atoms with Crippen molar-refractivity contribution in [3.63, 3.8) is 0 Å². The first-order chi connectivity index (χ1) is 17.8. The fraction of sp³-hybridized carbons (Fsp3) is 0.360. The molecule has 2 aromatic carbocycles. The number of amides is 1. The summed E-state index contributed by atoms with van der Waals surface area (Å²) < 4.78 is 4.92. The first-order valence-electron chi connectivity index (χ1n) is 11.8. The quantitative estimate of drug-likeness (QED) is 0.0957. The number of nitro benzene ring substituents is 1. The van der Waals surface area contributed by atoms with E-state index in [-0.39, 0.29) is 12.1 Å². The van der Waals surface area contributed by atoms with Crippen LogP contribution in [-0.2, 0) is 20.7 Å². The Morgan fingerprint density at radius 1 is 1.19 bits per heavy atom. The van der Waals surface area contributed by atoms with Gasteiger partial charge in [0, 0.05) is 29.4 Å². The number of methoxy groups -OCH3 is 1. The third-order valence-electron chi connectivity index (χ3n) is 5.92. The second kappa shape index (κ2) is 13.2. The largest absolute Gasteiger partial charge is 0.467 e. The maximum Gasteiger partial charge on any atom is 0.328 e. The van der Waals surface area contributed by atoms with Gasteiger partial charge in [0.05, 0.1) is 22.0 Å². The minimum Gasteiger partial charge on any atom is -0.467 e. The molecule has 3 rings (SSSR count). The number of para-hydroxylation sites is 2. The number of ether oxygens (including phenoxy) is 1. The molecule has 0 unspecified atom stereocenters. The minimum absolute atomic E-state index is 0.0144. The Morgan fingerprint density at radius 2 is 1.89 bits per heavy atom. The summed E-state index contributed by atoms with van der Waals surface area (Å²) in [5.41, 5.74) is 12.8. The maximum atomic E-state index is 12.8. The molecule has 198 valence electrons. The molecule has 0 aliphatic heterocycles. The van der Waals surface area contributed by atoms with E-state index in [0.29, 0.717) is 41.3 Å². The summed E-state index contributed by atoms with van der Waals surface area (Å²) in [6, 6.07) is 11.8. The lowest BCUT2D eigenvalue weighted by Gasteiger charge is -2.22. The SMILES string of the molecule is COC(=O)[C@@H](Cc1c(Sc2ccccc2[N+](=O)[O-])[nH]c2ccccc12)NC(=O)[C@H](O)[C@H](N)CCCCN. The third kappa shape index (κ3) is 7.07. The van der Waals surface area contributed by atoms with Gasteiger partial charge in [-0.25, -0.2) is 4.79 Å². The summed E-state index contributed by atoms with van der Waals surface area (Å²) in [5, 5.41) is 25.9. The van der Waals surface area contributed by atoms with Crippen LogP contribution in [0.1, 0.15) is 24.8 Å². The first kappa shape index (κ1) is 28.1. The Bertz CT molecular complexity index is 1250. The predicted molar refractivity (Wildman–Crippen MR) is 140 cm³/mol.